The number of benzene rings is 4. The molecular weight excluding hydrogens is 550 g/mol. The fraction of sp³-hybridized carbons (Fsp3) is 0.265. The van der Waals surface area contributed by atoms with Crippen molar-refractivity contribution in [1.82, 2.24) is 0 Å². The van der Waals surface area contributed by atoms with E-state index in [1.54, 1.807) is 0 Å². The molecule has 2 unspecified atom stereocenters. The van der Waals surface area contributed by atoms with Gasteiger partial charge in [-0.25, -0.2) is 4.79 Å². The quantitative estimate of drug-likeness (QED) is 0.109. The molecule has 43 heavy (non-hydrogen) atoms. The highest BCUT2D eigenvalue weighted by Crippen LogP contribution is 2.31. The molecule has 4 aromatic carbocycles. The van der Waals surface area contributed by atoms with E-state index in [0.717, 1.165) is 16.7 Å². The van der Waals surface area contributed by atoms with E-state index in [-0.39, 0.29) is 24.5 Å². The molecule has 0 N–H and O–H groups in total. The summed E-state index contributed by atoms with van der Waals surface area (Å²) in [7, 11) is 0. The summed E-state index contributed by atoms with van der Waals surface area (Å²) in [4.78, 5) is 23.7. The Morgan fingerprint density at radius 3 is 1.58 bits per heavy atom. The van der Waals surface area contributed by atoms with Gasteiger partial charge < -0.3 is 23.7 Å². The molecule has 1 aliphatic rings. The number of rotatable bonds is 12. The molecule has 0 amide bonds. The predicted octanol–water partition coefficient (Wildman–Crippen LogP) is 6.25. The molecule has 0 bridgehead atoms. The Hall–Kier alpha value is -4.41. The van der Waals surface area contributed by atoms with Gasteiger partial charge in [-0.3, -0.25) is 10.1 Å². The highest BCUT2D eigenvalue weighted by molar-refractivity contribution is 5.89. The molecule has 0 saturated carbocycles. The second-order valence-corrected chi connectivity index (χ2v) is 10.2. The van der Waals surface area contributed by atoms with E-state index in [9.17, 15) is 14.9 Å². The Balaban J connectivity index is 1.41. The molecule has 1 saturated heterocycles. The van der Waals surface area contributed by atoms with Crippen LogP contribution >= 0.6 is 0 Å². The van der Waals surface area contributed by atoms with Crippen LogP contribution in [0.25, 0.3) is 0 Å². The number of esters is 1. The topological polar surface area (TPSA) is 106 Å². The Bertz CT molecular complexity index is 1450. The van der Waals surface area contributed by atoms with Crippen LogP contribution in [0.5, 0.6) is 0 Å². The summed E-state index contributed by atoms with van der Waals surface area (Å²) >= 11 is 0. The molecule has 0 radical (unpaired) electrons. The lowest BCUT2D eigenvalue weighted by atomic mass is 9.98. The maximum atomic E-state index is 13.2. The fourth-order valence-corrected chi connectivity index (χ4v) is 4.86. The number of nitrogens with zero attached hydrogens (tertiary/aromatic N) is 1. The van der Waals surface area contributed by atoms with Crippen LogP contribution < -0.4 is 0 Å². The molecule has 1 fully saturated rings. The second-order valence-electron chi connectivity index (χ2n) is 10.2. The molecule has 9 heteroatoms. The SMILES string of the molecule is CC1O[C@@H](OC(=O)c2ccc([N+](=O)[O-])cc2)C(OCc2ccccc2)[C@@H](OCc2ccccc2)[C@@H]1OCc1ccccc1. The van der Waals surface area contributed by atoms with E-state index in [2.05, 4.69) is 0 Å². The summed E-state index contributed by atoms with van der Waals surface area (Å²) in [5, 5.41) is 11.1. The van der Waals surface area contributed by atoms with Gasteiger partial charge in [-0.15, -0.1) is 0 Å². The number of ether oxygens (including phenoxy) is 5. The lowest BCUT2D eigenvalue weighted by molar-refractivity contribution is -0.384. The molecule has 0 spiro atoms. The van der Waals surface area contributed by atoms with Crippen molar-refractivity contribution in [2.45, 2.75) is 57.5 Å². The van der Waals surface area contributed by atoms with Crippen molar-refractivity contribution >= 4 is 11.7 Å². The van der Waals surface area contributed by atoms with E-state index < -0.39 is 41.6 Å². The van der Waals surface area contributed by atoms with Crippen molar-refractivity contribution in [3.63, 3.8) is 0 Å². The molecule has 1 aliphatic heterocycles. The molecule has 222 valence electrons. The third-order valence-electron chi connectivity index (χ3n) is 7.12. The monoisotopic (exact) mass is 583 g/mol. The van der Waals surface area contributed by atoms with Gasteiger partial charge in [0.25, 0.3) is 5.69 Å². The van der Waals surface area contributed by atoms with Crippen molar-refractivity contribution in [3.8, 4) is 0 Å². The highest BCUT2D eigenvalue weighted by atomic mass is 16.7. The van der Waals surface area contributed by atoms with Crippen LogP contribution in [0, 0.1) is 10.1 Å². The second kappa shape index (κ2) is 14.7. The lowest BCUT2D eigenvalue weighted by Crippen LogP contribution is -2.60. The zero-order valence-corrected chi connectivity index (χ0v) is 23.7. The molecule has 1 heterocycles. The minimum atomic E-state index is -1.14. The summed E-state index contributed by atoms with van der Waals surface area (Å²) in [6.07, 6.45) is -3.76. The fourth-order valence-electron chi connectivity index (χ4n) is 4.86. The molecule has 5 rings (SSSR count). The number of carbonyl (C=O) groups excluding carboxylic acids is 1. The van der Waals surface area contributed by atoms with Crippen molar-refractivity contribution in [3.05, 3.63) is 148 Å². The third-order valence-corrected chi connectivity index (χ3v) is 7.12. The van der Waals surface area contributed by atoms with Crippen LogP contribution in [0.2, 0.25) is 0 Å². The normalized spacial score (nSPS) is 21.7. The lowest BCUT2D eigenvalue weighted by Gasteiger charge is -2.44. The molecule has 5 atom stereocenters. The first kappa shape index (κ1) is 30.1. The first-order chi connectivity index (χ1) is 21.0. The number of nitro benzene ring substituents is 1. The van der Waals surface area contributed by atoms with Crippen molar-refractivity contribution in [2.75, 3.05) is 0 Å². The van der Waals surface area contributed by atoms with Crippen LogP contribution in [-0.4, -0.2) is 41.6 Å². The molecule has 0 aromatic heterocycles. The van der Waals surface area contributed by atoms with Crippen LogP contribution in [0.3, 0.4) is 0 Å². The number of hydrogen-bond donors (Lipinski definition) is 0. The number of hydrogen-bond acceptors (Lipinski definition) is 8. The molecule has 9 nitrogen and oxygen atoms in total. The van der Waals surface area contributed by atoms with E-state index in [1.807, 2.05) is 97.9 Å². The average Bonchev–Trinajstić information content (AvgIpc) is 3.04. The van der Waals surface area contributed by atoms with Gasteiger partial charge >= 0.3 is 5.97 Å². The largest absolute Gasteiger partial charge is 0.429 e. The van der Waals surface area contributed by atoms with Gasteiger partial charge in [0.2, 0.25) is 6.29 Å². The summed E-state index contributed by atoms with van der Waals surface area (Å²) < 4.78 is 31.4. The van der Waals surface area contributed by atoms with Crippen LogP contribution in [0.4, 0.5) is 5.69 Å². The van der Waals surface area contributed by atoms with Crippen LogP contribution in [0.15, 0.2) is 115 Å². The van der Waals surface area contributed by atoms with Gasteiger partial charge in [0.15, 0.2) is 0 Å². The van der Waals surface area contributed by atoms with Gasteiger partial charge in [-0.2, -0.15) is 0 Å². The Kier molecular flexibility index (Phi) is 10.2. The van der Waals surface area contributed by atoms with Crippen molar-refractivity contribution in [2.24, 2.45) is 0 Å². The summed E-state index contributed by atoms with van der Waals surface area (Å²) in [6, 6.07) is 34.4. The first-order valence-corrected chi connectivity index (χ1v) is 14.1. The average molecular weight is 584 g/mol. The van der Waals surface area contributed by atoms with Crippen molar-refractivity contribution in [1.29, 1.82) is 0 Å². The first-order valence-electron chi connectivity index (χ1n) is 14.1. The van der Waals surface area contributed by atoms with Gasteiger partial charge in [-0.1, -0.05) is 91.0 Å². The van der Waals surface area contributed by atoms with E-state index in [4.69, 9.17) is 23.7 Å². The van der Waals surface area contributed by atoms with E-state index in [0.29, 0.717) is 6.61 Å². The van der Waals surface area contributed by atoms with Crippen LogP contribution in [-0.2, 0) is 43.5 Å². The number of nitro groups is 1. The van der Waals surface area contributed by atoms with Gasteiger partial charge in [0, 0.05) is 12.1 Å². The Morgan fingerprint density at radius 2 is 1.12 bits per heavy atom. The Labute approximate surface area is 250 Å². The standard InChI is InChI=1S/C34H33NO8/c1-24-30(39-21-25-11-5-2-6-12-25)31(40-22-26-13-7-3-8-14-26)32(41-23-27-15-9-4-10-16-27)34(42-24)43-33(36)28-17-19-29(20-18-28)35(37)38/h2-20,24,30-32,34H,21-23H2,1H3/t24?,30-,31+,32?,34+/m1/s1. The van der Waals surface area contributed by atoms with E-state index in [1.165, 1.54) is 24.3 Å². The smallest absolute Gasteiger partial charge is 0.340 e. The predicted molar refractivity (Wildman–Crippen MR) is 158 cm³/mol. The minimum absolute atomic E-state index is 0.129. The minimum Gasteiger partial charge on any atom is -0.429 e. The maximum Gasteiger partial charge on any atom is 0.340 e. The van der Waals surface area contributed by atoms with Gasteiger partial charge in [-0.05, 0) is 35.7 Å². The maximum absolute atomic E-state index is 13.2. The Morgan fingerprint density at radius 1 is 0.674 bits per heavy atom. The number of non-ortho nitro benzene ring substituents is 1. The van der Waals surface area contributed by atoms with E-state index >= 15 is 0 Å². The summed E-state index contributed by atoms with van der Waals surface area (Å²) in [5.41, 5.74) is 2.89. The number of carbonyl (C=O) groups is 1. The summed E-state index contributed by atoms with van der Waals surface area (Å²) in [6.45, 7) is 2.65. The van der Waals surface area contributed by atoms with Crippen molar-refractivity contribution < 1.29 is 33.4 Å². The zero-order valence-electron chi connectivity index (χ0n) is 23.7. The zero-order chi connectivity index (χ0) is 30.0. The van der Waals surface area contributed by atoms with Gasteiger partial charge in [0.05, 0.1) is 36.4 Å². The third kappa shape index (κ3) is 8.12. The van der Waals surface area contributed by atoms with Gasteiger partial charge in [0.1, 0.15) is 18.3 Å². The molecule has 0 aliphatic carbocycles. The van der Waals surface area contributed by atoms with Crippen LogP contribution in [0.1, 0.15) is 34.0 Å². The molecule has 4 aromatic rings. The highest BCUT2D eigenvalue weighted by Gasteiger charge is 2.48. The molecular formula is C34H33NO8. The summed E-state index contributed by atoms with van der Waals surface area (Å²) in [5.74, 6) is -0.703.